The van der Waals surface area contributed by atoms with Crippen molar-refractivity contribution in [2.75, 3.05) is 35.0 Å². The fraction of sp³-hybridized carbons (Fsp3) is 0.292. The third-order valence-corrected chi connectivity index (χ3v) is 5.59. The highest BCUT2D eigenvalue weighted by Crippen LogP contribution is 2.35. The van der Waals surface area contributed by atoms with E-state index >= 15 is 0 Å². The number of halogens is 1. The van der Waals surface area contributed by atoms with Gasteiger partial charge in [0.05, 0.1) is 32.9 Å². The summed E-state index contributed by atoms with van der Waals surface area (Å²) in [5.74, 6) is 3.25. The summed E-state index contributed by atoms with van der Waals surface area (Å²) >= 11 is 3.47. The Labute approximate surface area is 195 Å². The molecule has 0 aliphatic carbocycles. The van der Waals surface area contributed by atoms with Crippen LogP contribution in [0.15, 0.2) is 51.4 Å². The van der Waals surface area contributed by atoms with Gasteiger partial charge in [0.2, 0.25) is 0 Å². The predicted octanol–water partition coefficient (Wildman–Crippen LogP) is 4.64. The zero-order valence-corrected chi connectivity index (χ0v) is 20.1. The summed E-state index contributed by atoms with van der Waals surface area (Å²) in [5, 5.41) is 2.89. The van der Waals surface area contributed by atoms with E-state index < -0.39 is 0 Å². The van der Waals surface area contributed by atoms with Crippen LogP contribution in [0.4, 0.5) is 0 Å². The Hall–Kier alpha value is -3.13. The number of carbonyl (C=O) groups excluding carboxylic acids is 1. The average Bonchev–Trinajstić information content (AvgIpc) is 3.28. The van der Waals surface area contributed by atoms with Gasteiger partial charge < -0.3 is 28.7 Å². The molecule has 0 bridgehead atoms. The second-order valence-electron chi connectivity index (χ2n) is 6.93. The Kier molecular flexibility index (Phi) is 8.05. The zero-order chi connectivity index (χ0) is 23.1. The highest BCUT2D eigenvalue weighted by atomic mass is 79.9. The molecule has 7 nitrogen and oxygen atoms in total. The van der Waals surface area contributed by atoms with Crippen molar-refractivity contribution in [2.24, 2.45) is 0 Å². The summed E-state index contributed by atoms with van der Waals surface area (Å²) in [6, 6.07) is 12.8. The van der Waals surface area contributed by atoms with Crippen LogP contribution < -0.4 is 24.3 Å². The minimum atomic E-state index is -0.266. The van der Waals surface area contributed by atoms with Gasteiger partial charge >= 0.3 is 0 Å². The van der Waals surface area contributed by atoms with Gasteiger partial charge in [0.25, 0.3) is 5.91 Å². The van der Waals surface area contributed by atoms with Gasteiger partial charge in [-0.15, -0.1) is 0 Å². The molecule has 0 saturated heterocycles. The summed E-state index contributed by atoms with van der Waals surface area (Å²) in [6.07, 6.45) is 1.09. The highest BCUT2D eigenvalue weighted by molar-refractivity contribution is 9.10. The standard InChI is InChI=1S/C24H26BrNO6/c1-28-17-13-22(30-3)18(23(14-17)31-4)12-16-6-8-21(32-16)24(27)26-10-9-15-5-7-20(29-2)19(25)11-15/h5-8,11,13-14H,9-10,12H2,1-4H3,(H,26,27). The molecule has 0 radical (unpaired) electrons. The highest BCUT2D eigenvalue weighted by Gasteiger charge is 2.17. The number of furan rings is 1. The lowest BCUT2D eigenvalue weighted by Gasteiger charge is -2.14. The fourth-order valence-corrected chi connectivity index (χ4v) is 3.88. The molecule has 3 rings (SSSR count). The van der Waals surface area contributed by atoms with Crippen LogP contribution in [0.5, 0.6) is 23.0 Å². The van der Waals surface area contributed by atoms with E-state index in [2.05, 4.69) is 21.2 Å². The van der Waals surface area contributed by atoms with E-state index in [9.17, 15) is 4.79 Å². The van der Waals surface area contributed by atoms with E-state index in [4.69, 9.17) is 23.4 Å². The second-order valence-corrected chi connectivity index (χ2v) is 7.78. The van der Waals surface area contributed by atoms with Crippen LogP contribution in [0.2, 0.25) is 0 Å². The summed E-state index contributed by atoms with van der Waals surface area (Å²) < 4.78 is 28.1. The Balaban J connectivity index is 1.63. The fourth-order valence-electron chi connectivity index (χ4n) is 3.29. The van der Waals surface area contributed by atoms with E-state index in [0.717, 1.165) is 21.3 Å². The molecule has 0 aliphatic heterocycles. The van der Waals surface area contributed by atoms with Gasteiger partial charge in [-0.2, -0.15) is 0 Å². The molecule has 1 amide bonds. The largest absolute Gasteiger partial charge is 0.496 e. The molecule has 0 unspecified atom stereocenters. The summed E-state index contributed by atoms with van der Waals surface area (Å²) in [6.45, 7) is 0.480. The maximum atomic E-state index is 12.5. The maximum absolute atomic E-state index is 12.5. The van der Waals surface area contributed by atoms with Crippen molar-refractivity contribution in [1.29, 1.82) is 0 Å². The van der Waals surface area contributed by atoms with Crippen molar-refractivity contribution < 1.29 is 28.2 Å². The van der Waals surface area contributed by atoms with Gasteiger partial charge in [0.15, 0.2) is 5.76 Å². The van der Waals surface area contributed by atoms with E-state index in [1.165, 1.54) is 0 Å². The van der Waals surface area contributed by atoms with Crippen LogP contribution in [0, 0.1) is 0 Å². The molecule has 1 heterocycles. The predicted molar refractivity (Wildman–Crippen MR) is 124 cm³/mol. The smallest absolute Gasteiger partial charge is 0.287 e. The first kappa shape index (κ1) is 23.5. The number of amides is 1. The van der Waals surface area contributed by atoms with Gasteiger partial charge in [0, 0.05) is 30.7 Å². The van der Waals surface area contributed by atoms with Crippen LogP contribution in [-0.2, 0) is 12.8 Å². The van der Waals surface area contributed by atoms with Crippen LogP contribution in [-0.4, -0.2) is 40.9 Å². The number of methoxy groups -OCH3 is 4. The summed E-state index contributed by atoms with van der Waals surface area (Å²) in [4.78, 5) is 12.5. The first-order valence-electron chi connectivity index (χ1n) is 9.97. The quantitative estimate of drug-likeness (QED) is 0.434. The van der Waals surface area contributed by atoms with Gasteiger partial charge in [-0.1, -0.05) is 6.07 Å². The Morgan fingerprint density at radius 3 is 2.19 bits per heavy atom. The molecule has 0 fully saturated rings. The van der Waals surface area contributed by atoms with Crippen LogP contribution >= 0.6 is 15.9 Å². The van der Waals surface area contributed by atoms with E-state index in [1.54, 1.807) is 52.7 Å². The lowest BCUT2D eigenvalue weighted by molar-refractivity contribution is 0.0925. The SMILES string of the molecule is COc1cc(OC)c(Cc2ccc(C(=O)NCCc3ccc(OC)c(Br)c3)o2)c(OC)c1. The van der Waals surface area contributed by atoms with E-state index in [-0.39, 0.29) is 11.7 Å². The molecule has 170 valence electrons. The molecule has 1 N–H and O–H groups in total. The third-order valence-electron chi connectivity index (χ3n) is 4.97. The van der Waals surface area contributed by atoms with E-state index in [0.29, 0.717) is 42.4 Å². The normalized spacial score (nSPS) is 10.5. The van der Waals surface area contributed by atoms with Crippen molar-refractivity contribution in [3.63, 3.8) is 0 Å². The van der Waals surface area contributed by atoms with Crippen molar-refractivity contribution in [3.05, 3.63) is 69.6 Å². The summed E-state index contributed by atoms with van der Waals surface area (Å²) in [5.41, 5.74) is 1.89. The Bertz CT molecular complexity index is 1050. The molecule has 2 aromatic carbocycles. The van der Waals surface area contributed by atoms with Gasteiger partial charge in [0.1, 0.15) is 28.8 Å². The monoisotopic (exact) mass is 503 g/mol. The molecule has 0 aliphatic rings. The van der Waals surface area contributed by atoms with Crippen LogP contribution in [0.1, 0.15) is 27.4 Å². The Morgan fingerprint density at radius 1 is 0.906 bits per heavy atom. The number of benzene rings is 2. The van der Waals surface area contributed by atoms with E-state index in [1.807, 2.05) is 18.2 Å². The number of hydrogen-bond donors (Lipinski definition) is 1. The van der Waals surface area contributed by atoms with Crippen LogP contribution in [0.3, 0.4) is 0 Å². The van der Waals surface area contributed by atoms with Gasteiger partial charge in [-0.25, -0.2) is 0 Å². The molecule has 0 saturated carbocycles. The number of nitrogens with one attached hydrogen (secondary N) is 1. The van der Waals surface area contributed by atoms with Crippen molar-refractivity contribution >= 4 is 21.8 Å². The number of carbonyl (C=O) groups is 1. The van der Waals surface area contributed by atoms with Gasteiger partial charge in [-0.05, 0) is 52.2 Å². The topological polar surface area (TPSA) is 79.2 Å². The molecule has 0 spiro atoms. The lowest BCUT2D eigenvalue weighted by atomic mass is 10.1. The summed E-state index contributed by atoms with van der Waals surface area (Å²) in [7, 11) is 6.37. The molecular weight excluding hydrogens is 478 g/mol. The average molecular weight is 504 g/mol. The van der Waals surface area contributed by atoms with Crippen molar-refractivity contribution in [1.82, 2.24) is 5.32 Å². The molecular formula is C24H26BrNO6. The molecule has 0 atom stereocenters. The van der Waals surface area contributed by atoms with Crippen molar-refractivity contribution in [2.45, 2.75) is 12.8 Å². The minimum Gasteiger partial charge on any atom is -0.496 e. The molecule has 8 heteroatoms. The maximum Gasteiger partial charge on any atom is 0.287 e. The Morgan fingerprint density at radius 2 is 1.59 bits per heavy atom. The zero-order valence-electron chi connectivity index (χ0n) is 18.5. The molecule has 1 aromatic heterocycles. The van der Waals surface area contributed by atoms with Gasteiger partial charge in [-0.3, -0.25) is 4.79 Å². The van der Waals surface area contributed by atoms with Crippen LogP contribution in [0.25, 0.3) is 0 Å². The number of rotatable bonds is 10. The second kappa shape index (κ2) is 10.9. The molecule has 32 heavy (non-hydrogen) atoms. The number of hydrogen-bond acceptors (Lipinski definition) is 6. The first-order chi connectivity index (χ1) is 15.5. The first-order valence-corrected chi connectivity index (χ1v) is 10.8. The third kappa shape index (κ3) is 5.56. The number of ether oxygens (including phenoxy) is 4. The van der Waals surface area contributed by atoms with Crippen molar-refractivity contribution in [3.8, 4) is 23.0 Å². The lowest BCUT2D eigenvalue weighted by Crippen LogP contribution is -2.25. The minimum absolute atomic E-state index is 0.252. The molecule has 3 aromatic rings.